The third kappa shape index (κ3) is 4.57. The first-order valence-corrected chi connectivity index (χ1v) is 10.7. The molecule has 0 aliphatic carbocycles. The molecule has 3 aromatic rings. The van der Waals surface area contributed by atoms with Crippen LogP contribution in [0.2, 0.25) is 0 Å². The van der Waals surface area contributed by atoms with E-state index in [1.165, 1.54) is 11.3 Å². The number of esters is 1. The van der Waals surface area contributed by atoms with E-state index in [-0.39, 0.29) is 12.2 Å². The first-order chi connectivity index (χ1) is 14.0. The SMILES string of the molecule is CCN(CC)CCn1c(C)nc2sc(C(=O)OCc3ccccc3)c(C)c2c1=O. The molecule has 3 rings (SSSR count). The number of rotatable bonds is 8. The quantitative estimate of drug-likeness (QED) is 0.526. The number of ether oxygens (including phenoxy) is 1. The average molecular weight is 414 g/mol. The van der Waals surface area contributed by atoms with Crippen molar-refractivity contribution in [3.63, 3.8) is 0 Å². The Bertz CT molecular complexity index is 1050. The molecular formula is C22H27N3O3S. The number of hydrogen-bond acceptors (Lipinski definition) is 6. The maximum atomic E-state index is 13.1. The van der Waals surface area contributed by atoms with Crippen molar-refractivity contribution in [2.75, 3.05) is 19.6 Å². The lowest BCUT2D eigenvalue weighted by Gasteiger charge is -2.19. The number of likely N-dealkylation sites (N-methyl/N-ethyl adjacent to an activating group) is 1. The number of carbonyl (C=O) groups excluding carboxylic acids is 1. The van der Waals surface area contributed by atoms with Crippen molar-refractivity contribution in [3.8, 4) is 0 Å². The third-order valence-electron chi connectivity index (χ3n) is 5.17. The molecule has 0 radical (unpaired) electrons. The van der Waals surface area contributed by atoms with Crippen LogP contribution >= 0.6 is 11.3 Å². The molecule has 0 aliphatic rings. The molecule has 2 aromatic heterocycles. The van der Waals surface area contributed by atoms with E-state index in [1.54, 1.807) is 11.5 Å². The van der Waals surface area contributed by atoms with Crippen LogP contribution in [-0.4, -0.2) is 40.1 Å². The molecule has 0 N–H and O–H groups in total. The molecule has 7 heteroatoms. The van der Waals surface area contributed by atoms with Crippen LogP contribution in [0.4, 0.5) is 0 Å². The Hall–Kier alpha value is -2.51. The van der Waals surface area contributed by atoms with Crippen molar-refractivity contribution in [1.29, 1.82) is 0 Å². The fraction of sp³-hybridized carbons (Fsp3) is 0.409. The second kappa shape index (κ2) is 9.33. The third-order valence-corrected chi connectivity index (χ3v) is 6.34. The number of thiophene rings is 1. The van der Waals surface area contributed by atoms with Gasteiger partial charge in [-0.05, 0) is 38.1 Å². The standard InChI is InChI=1S/C22H27N3O3S/c1-5-24(6-2)12-13-25-16(4)23-20-18(21(25)26)15(3)19(29-20)22(27)28-14-17-10-8-7-9-11-17/h7-11H,5-6,12-14H2,1-4H3. The topological polar surface area (TPSA) is 64.4 Å². The first-order valence-electron chi connectivity index (χ1n) is 9.90. The number of carbonyl (C=O) groups is 1. The van der Waals surface area contributed by atoms with E-state index in [4.69, 9.17) is 4.74 Å². The highest BCUT2D eigenvalue weighted by atomic mass is 32.1. The Morgan fingerprint density at radius 1 is 1.17 bits per heavy atom. The molecule has 154 valence electrons. The fourth-order valence-corrected chi connectivity index (χ4v) is 4.46. The lowest BCUT2D eigenvalue weighted by Crippen LogP contribution is -2.32. The van der Waals surface area contributed by atoms with Gasteiger partial charge in [0.2, 0.25) is 0 Å². The lowest BCUT2D eigenvalue weighted by molar-refractivity contribution is 0.0478. The second-order valence-electron chi connectivity index (χ2n) is 6.94. The van der Waals surface area contributed by atoms with Crippen LogP contribution in [0.3, 0.4) is 0 Å². The zero-order valence-electron chi connectivity index (χ0n) is 17.4. The van der Waals surface area contributed by atoms with E-state index < -0.39 is 5.97 Å². The van der Waals surface area contributed by atoms with Gasteiger partial charge >= 0.3 is 5.97 Å². The normalized spacial score (nSPS) is 11.3. The van der Waals surface area contributed by atoms with Crippen LogP contribution in [-0.2, 0) is 17.9 Å². The van der Waals surface area contributed by atoms with Crippen LogP contribution in [0.1, 0.15) is 40.5 Å². The Kier molecular flexibility index (Phi) is 6.82. The summed E-state index contributed by atoms with van der Waals surface area (Å²) < 4.78 is 7.17. The number of aromatic nitrogens is 2. The molecule has 0 atom stereocenters. The minimum absolute atomic E-state index is 0.0875. The molecule has 0 unspecified atom stereocenters. The van der Waals surface area contributed by atoms with Crippen LogP contribution in [0.25, 0.3) is 10.2 Å². The van der Waals surface area contributed by atoms with Crippen LogP contribution in [0.5, 0.6) is 0 Å². The van der Waals surface area contributed by atoms with Gasteiger partial charge in [0.15, 0.2) is 0 Å². The maximum absolute atomic E-state index is 13.1. The minimum atomic E-state index is -0.416. The Morgan fingerprint density at radius 2 is 1.86 bits per heavy atom. The Labute approximate surface area is 174 Å². The number of hydrogen-bond donors (Lipinski definition) is 0. The number of fused-ring (bicyclic) bond motifs is 1. The molecule has 0 saturated heterocycles. The van der Waals surface area contributed by atoms with Crippen LogP contribution in [0, 0.1) is 13.8 Å². The van der Waals surface area contributed by atoms with Crippen LogP contribution in [0.15, 0.2) is 35.1 Å². The molecular weight excluding hydrogens is 386 g/mol. The van der Waals surface area contributed by atoms with Gasteiger partial charge < -0.3 is 9.64 Å². The monoisotopic (exact) mass is 413 g/mol. The summed E-state index contributed by atoms with van der Waals surface area (Å²) in [6.45, 7) is 11.3. The van der Waals surface area contributed by atoms with Crippen molar-refractivity contribution >= 4 is 27.5 Å². The summed E-state index contributed by atoms with van der Waals surface area (Å²) in [5, 5.41) is 0.520. The summed E-state index contributed by atoms with van der Waals surface area (Å²) >= 11 is 1.23. The van der Waals surface area contributed by atoms with Gasteiger partial charge in [-0.25, -0.2) is 9.78 Å². The summed E-state index contributed by atoms with van der Waals surface area (Å²) in [5.74, 6) is 0.251. The molecule has 2 heterocycles. The first kappa shape index (κ1) is 21.2. The molecule has 1 aromatic carbocycles. The largest absolute Gasteiger partial charge is 0.457 e. The Balaban J connectivity index is 1.87. The fourth-order valence-electron chi connectivity index (χ4n) is 3.35. The van der Waals surface area contributed by atoms with Crippen molar-refractivity contribution in [2.24, 2.45) is 0 Å². The van der Waals surface area contributed by atoms with E-state index in [2.05, 4.69) is 23.7 Å². The van der Waals surface area contributed by atoms with Gasteiger partial charge in [0.05, 0.1) is 5.39 Å². The smallest absolute Gasteiger partial charge is 0.349 e. The maximum Gasteiger partial charge on any atom is 0.349 e. The summed E-state index contributed by atoms with van der Waals surface area (Å²) in [5.41, 5.74) is 1.49. The highest BCUT2D eigenvalue weighted by Gasteiger charge is 2.21. The second-order valence-corrected chi connectivity index (χ2v) is 7.94. The van der Waals surface area contributed by atoms with Crippen molar-refractivity contribution < 1.29 is 9.53 Å². The van der Waals surface area contributed by atoms with Gasteiger partial charge in [-0.3, -0.25) is 9.36 Å². The summed E-state index contributed by atoms with van der Waals surface area (Å²) in [7, 11) is 0. The molecule has 29 heavy (non-hydrogen) atoms. The molecule has 0 aliphatic heterocycles. The lowest BCUT2D eigenvalue weighted by atomic mass is 10.2. The number of nitrogens with zero attached hydrogens (tertiary/aromatic N) is 3. The van der Waals surface area contributed by atoms with E-state index >= 15 is 0 Å². The predicted molar refractivity (Wildman–Crippen MR) is 117 cm³/mol. The van der Waals surface area contributed by atoms with Crippen molar-refractivity contribution in [3.05, 3.63) is 62.5 Å². The zero-order chi connectivity index (χ0) is 21.0. The van der Waals surface area contributed by atoms with Gasteiger partial charge in [0.25, 0.3) is 5.56 Å². The molecule has 0 fully saturated rings. The van der Waals surface area contributed by atoms with Gasteiger partial charge in [0.1, 0.15) is 22.1 Å². The van der Waals surface area contributed by atoms with Crippen molar-refractivity contribution in [1.82, 2.24) is 14.5 Å². The highest BCUT2D eigenvalue weighted by Crippen LogP contribution is 2.28. The summed E-state index contributed by atoms with van der Waals surface area (Å²) in [6.07, 6.45) is 0. The summed E-state index contributed by atoms with van der Waals surface area (Å²) in [4.78, 5) is 33.7. The van der Waals surface area contributed by atoms with Crippen LogP contribution < -0.4 is 5.56 Å². The van der Waals surface area contributed by atoms with E-state index in [0.717, 1.165) is 25.2 Å². The van der Waals surface area contributed by atoms with Gasteiger partial charge in [-0.1, -0.05) is 44.2 Å². The van der Waals surface area contributed by atoms with Gasteiger partial charge in [-0.2, -0.15) is 0 Å². The Morgan fingerprint density at radius 3 is 2.52 bits per heavy atom. The molecule has 6 nitrogen and oxygen atoms in total. The molecule has 0 saturated carbocycles. The number of benzene rings is 1. The summed E-state index contributed by atoms with van der Waals surface area (Å²) in [6, 6.07) is 9.54. The minimum Gasteiger partial charge on any atom is -0.457 e. The van der Waals surface area contributed by atoms with Gasteiger partial charge in [-0.15, -0.1) is 11.3 Å². The zero-order valence-corrected chi connectivity index (χ0v) is 18.2. The molecule has 0 bridgehead atoms. The molecule has 0 spiro atoms. The molecule has 0 amide bonds. The van der Waals surface area contributed by atoms with Gasteiger partial charge in [0, 0.05) is 13.1 Å². The predicted octanol–water partition coefficient (Wildman–Crippen LogP) is 3.77. The van der Waals surface area contributed by atoms with E-state index in [1.807, 2.05) is 37.3 Å². The average Bonchev–Trinajstić information content (AvgIpc) is 3.06. The number of aryl methyl sites for hydroxylation is 2. The van der Waals surface area contributed by atoms with Crippen molar-refractivity contribution in [2.45, 2.75) is 40.8 Å². The highest BCUT2D eigenvalue weighted by molar-refractivity contribution is 7.20. The van der Waals surface area contributed by atoms with E-state index in [9.17, 15) is 9.59 Å². The van der Waals surface area contributed by atoms with E-state index in [0.29, 0.717) is 33.0 Å².